The maximum Gasteiger partial charge on any atom is 0.327 e. The van der Waals surface area contributed by atoms with Crippen molar-refractivity contribution in [3.63, 3.8) is 0 Å². The molecule has 1 aromatic rings. The summed E-state index contributed by atoms with van der Waals surface area (Å²) < 4.78 is 10.4. The van der Waals surface area contributed by atoms with Crippen molar-refractivity contribution < 1.29 is 14.3 Å². The van der Waals surface area contributed by atoms with E-state index < -0.39 is 6.04 Å². The summed E-state index contributed by atoms with van der Waals surface area (Å²) in [4.78, 5) is 12.0. The zero-order valence-electron chi connectivity index (χ0n) is 11.2. The van der Waals surface area contributed by atoms with Gasteiger partial charge in [0.2, 0.25) is 0 Å². The van der Waals surface area contributed by atoms with E-state index in [9.17, 15) is 4.79 Å². The smallest absolute Gasteiger partial charge is 0.327 e. The molecule has 0 amide bonds. The molecule has 0 saturated carbocycles. The molecule has 100 valence electrons. The number of nitrogens with one attached hydrogen (secondary N) is 1. The molecule has 0 aliphatic carbocycles. The van der Waals surface area contributed by atoms with Gasteiger partial charge in [-0.15, -0.1) is 0 Å². The Hall–Kier alpha value is -1.55. The molecule has 4 nitrogen and oxygen atoms in total. The van der Waals surface area contributed by atoms with Crippen LogP contribution in [0.3, 0.4) is 0 Å². The van der Waals surface area contributed by atoms with Crippen LogP contribution in [0.2, 0.25) is 0 Å². The molecular weight excluding hydrogens is 230 g/mol. The first-order valence-electron chi connectivity index (χ1n) is 6.27. The highest BCUT2D eigenvalue weighted by atomic mass is 16.5. The van der Waals surface area contributed by atoms with Crippen LogP contribution in [-0.4, -0.2) is 26.2 Å². The van der Waals surface area contributed by atoms with Crippen molar-refractivity contribution in [2.24, 2.45) is 0 Å². The number of hydrogen-bond acceptors (Lipinski definition) is 4. The standard InChI is InChI=1S/C14H21NO3/c1-4-10-15-13(14(16)18-5-2)11-8-6-7-9-12(11)17-3/h6-9,13,15H,4-5,10H2,1-3H3. The number of para-hydroxylation sites is 1. The Morgan fingerprint density at radius 1 is 1.33 bits per heavy atom. The number of carbonyl (C=O) groups excluding carboxylic acids is 1. The summed E-state index contributed by atoms with van der Waals surface area (Å²) in [5.74, 6) is 0.426. The minimum Gasteiger partial charge on any atom is -0.496 e. The molecule has 1 atom stereocenters. The molecular formula is C14H21NO3. The van der Waals surface area contributed by atoms with Crippen molar-refractivity contribution in [1.82, 2.24) is 5.32 Å². The second-order valence-electron chi connectivity index (χ2n) is 3.88. The number of rotatable bonds is 7. The van der Waals surface area contributed by atoms with Crippen LogP contribution in [0.5, 0.6) is 5.75 Å². The van der Waals surface area contributed by atoms with Crippen LogP contribution < -0.4 is 10.1 Å². The molecule has 4 heteroatoms. The Kier molecular flexibility index (Phi) is 6.22. The van der Waals surface area contributed by atoms with Crippen molar-refractivity contribution >= 4 is 5.97 Å². The maximum atomic E-state index is 12.0. The molecule has 0 heterocycles. The molecule has 1 N–H and O–H groups in total. The number of carbonyl (C=O) groups is 1. The average Bonchev–Trinajstić information content (AvgIpc) is 2.40. The number of methoxy groups -OCH3 is 1. The van der Waals surface area contributed by atoms with Gasteiger partial charge in [0.1, 0.15) is 11.8 Å². The predicted octanol–water partition coefficient (Wildman–Crippen LogP) is 2.30. The molecule has 1 aromatic carbocycles. The first kappa shape index (κ1) is 14.5. The maximum absolute atomic E-state index is 12.0. The summed E-state index contributed by atoms with van der Waals surface area (Å²) in [6.07, 6.45) is 0.949. The van der Waals surface area contributed by atoms with Gasteiger partial charge < -0.3 is 14.8 Å². The van der Waals surface area contributed by atoms with Gasteiger partial charge in [-0.3, -0.25) is 0 Å². The van der Waals surface area contributed by atoms with Gasteiger partial charge in [-0.05, 0) is 26.0 Å². The molecule has 0 spiro atoms. The molecule has 0 saturated heterocycles. The molecule has 0 bridgehead atoms. The van der Waals surface area contributed by atoms with Crippen LogP contribution in [0.4, 0.5) is 0 Å². The Labute approximate surface area is 108 Å². The van der Waals surface area contributed by atoms with E-state index >= 15 is 0 Å². The molecule has 0 aromatic heterocycles. The van der Waals surface area contributed by atoms with Crippen LogP contribution in [0.1, 0.15) is 31.9 Å². The third-order valence-corrected chi connectivity index (χ3v) is 2.57. The van der Waals surface area contributed by atoms with Crippen molar-refractivity contribution in [2.45, 2.75) is 26.3 Å². The fourth-order valence-electron chi connectivity index (χ4n) is 1.74. The Morgan fingerprint density at radius 3 is 2.67 bits per heavy atom. The zero-order chi connectivity index (χ0) is 13.4. The van der Waals surface area contributed by atoms with Crippen LogP contribution >= 0.6 is 0 Å². The lowest BCUT2D eigenvalue weighted by Gasteiger charge is -2.19. The molecule has 0 radical (unpaired) electrons. The summed E-state index contributed by atoms with van der Waals surface area (Å²) in [5.41, 5.74) is 0.812. The minimum absolute atomic E-state index is 0.268. The normalized spacial score (nSPS) is 11.9. The van der Waals surface area contributed by atoms with Gasteiger partial charge in [0, 0.05) is 5.56 Å². The zero-order valence-corrected chi connectivity index (χ0v) is 11.2. The number of hydrogen-bond donors (Lipinski definition) is 1. The monoisotopic (exact) mass is 251 g/mol. The molecule has 0 aliphatic rings. The lowest BCUT2D eigenvalue weighted by Crippen LogP contribution is -2.31. The Bertz CT molecular complexity index is 379. The summed E-state index contributed by atoms with van der Waals surface area (Å²) >= 11 is 0. The lowest BCUT2D eigenvalue weighted by molar-refractivity contribution is -0.145. The van der Waals surface area contributed by atoms with Crippen LogP contribution in [0.25, 0.3) is 0 Å². The van der Waals surface area contributed by atoms with Gasteiger partial charge in [-0.1, -0.05) is 25.1 Å². The lowest BCUT2D eigenvalue weighted by atomic mass is 10.1. The number of esters is 1. The second-order valence-corrected chi connectivity index (χ2v) is 3.88. The summed E-state index contributed by atoms with van der Waals surface area (Å²) in [5, 5.41) is 3.19. The Balaban J connectivity index is 2.96. The summed E-state index contributed by atoms with van der Waals surface area (Å²) in [6, 6.07) is 7.02. The fraction of sp³-hybridized carbons (Fsp3) is 0.500. The van der Waals surface area contributed by atoms with Crippen molar-refractivity contribution in [2.75, 3.05) is 20.3 Å². The number of benzene rings is 1. The van der Waals surface area contributed by atoms with E-state index in [4.69, 9.17) is 9.47 Å². The highest BCUT2D eigenvalue weighted by Gasteiger charge is 2.23. The predicted molar refractivity (Wildman–Crippen MR) is 70.7 cm³/mol. The molecule has 1 rings (SSSR count). The molecule has 1 unspecified atom stereocenters. The van der Waals surface area contributed by atoms with Crippen molar-refractivity contribution in [3.8, 4) is 5.75 Å². The van der Waals surface area contributed by atoms with E-state index in [0.29, 0.717) is 12.4 Å². The first-order valence-corrected chi connectivity index (χ1v) is 6.27. The quantitative estimate of drug-likeness (QED) is 0.755. The van der Waals surface area contributed by atoms with Crippen molar-refractivity contribution in [1.29, 1.82) is 0 Å². The average molecular weight is 251 g/mol. The number of ether oxygens (including phenoxy) is 2. The van der Waals surface area contributed by atoms with Crippen molar-refractivity contribution in [3.05, 3.63) is 29.8 Å². The fourth-order valence-corrected chi connectivity index (χ4v) is 1.74. The summed E-state index contributed by atoms with van der Waals surface area (Å²) in [7, 11) is 1.60. The third-order valence-electron chi connectivity index (χ3n) is 2.57. The topological polar surface area (TPSA) is 47.6 Å². The van der Waals surface area contributed by atoms with Gasteiger partial charge in [-0.2, -0.15) is 0 Å². The molecule has 0 aliphatic heterocycles. The van der Waals surface area contributed by atoms with Gasteiger partial charge in [0.25, 0.3) is 0 Å². The van der Waals surface area contributed by atoms with Gasteiger partial charge >= 0.3 is 5.97 Å². The van der Waals surface area contributed by atoms with Gasteiger partial charge in [0.05, 0.1) is 13.7 Å². The highest BCUT2D eigenvalue weighted by Crippen LogP contribution is 2.25. The van der Waals surface area contributed by atoms with E-state index in [1.54, 1.807) is 14.0 Å². The molecule has 0 fully saturated rings. The van der Waals surface area contributed by atoms with Gasteiger partial charge in [-0.25, -0.2) is 4.79 Å². The summed E-state index contributed by atoms with van der Waals surface area (Å²) in [6.45, 7) is 4.98. The Morgan fingerprint density at radius 2 is 2.06 bits per heavy atom. The second kappa shape index (κ2) is 7.71. The third kappa shape index (κ3) is 3.74. The van der Waals surface area contributed by atoms with E-state index in [0.717, 1.165) is 18.5 Å². The van der Waals surface area contributed by atoms with E-state index in [-0.39, 0.29) is 5.97 Å². The van der Waals surface area contributed by atoms with E-state index in [1.165, 1.54) is 0 Å². The first-order chi connectivity index (χ1) is 8.74. The molecule has 18 heavy (non-hydrogen) atoms. The SMILES string of the molecule is CCCNC(C(=O)OCC)c1ccccc1OC. The van der Waals surface area contributed by atoms with Gasteiger partial charge in [0.15, 0.2) is 0 Å². The van der Waals surface area contributed by atoms with E-state index in [1.807, 2.05) is 24.3 Å². The van der Waals surface area contributed by atoms with Crippen LogP contribution in [-0.2, 0) is 9.53 Å². The van der Waals surface area contributed by atoms with Crippen LogP contribution in [0.15, 0.2) is 24.3 Å². The van der Waals surface area contributed by atoms with E-state index in [2.05, 4.69) is 12.2 Å². The minimum atomic E-state index is -0.471. The van der Waals surface area contributed by atoms with Crippen LogP contribution in [0, 0.1) is 0 Å². The highest BCUT2D eigenvalue weighted by molar-refractivity contribution is 5.78. The largest absolute Gasteiger partial charge is 0.496 e.